The Morgan fingerprint density at radius 2 is 1.68 bits per heavy atom. The summed E-state index contributed by atoms with van der Waals surface area (Å²) in [6, 6.07) is 11.4. The molecule has 7 nitrogen and oxygen atoms in total. The van der Waals surface area contributed by atoms with Crippen LogP contribution in [0.5, 0.6) is 17.2 Å². The SMILES string of the molecule is CCOc1cc(C(=O)OC2CN(c3nc4ccccc4s3)C2)cc(OCC)c1OCC. The lowest BCUT2D eigenvalue weighted by atomic mass is 10.1. The van der Waals surface area contributed by atoms with Crippen molar-refractivity contribution in [2.45, 2.75) is 26.9 Å². The first-order valence-corrected chi connectivity index (χ1v) is 11.3. The maximum atomic E-state index is 12.8. The first-order chi connectivity index (χ1) is 15.1. The number of thiazole rings is 1. The van der Waals surface area contributed by atoms with Crippen LogP contribution >= 0.6 is 11.3 Å². The summed E-state index contributed by atoms with van der Waals surface area (Å²) in [5.41, 5.74) is 1.37. The molecule has 1 saturated heterocycles. The summed E-state index contributed by atoms with van der Waals surface area (Å²) in [4.78, 5) is 19.6. The Bertz CT molecular complexity index is 1000. The second kappa shape index (κ2) is 9.43. The maximum absolute atomic E-state index is 12.8. The molecule has 0 bridgehead atoms. The van der Waals surface area contributed by atoms with Gasteiger partial charge in [0.05, 0.1) is 48.7 Å². The average molecular weight is 443 g/mol. The smallest absolute Gasteiger partial charge is 0.338 e. The summed E-state index contributed by atoms with van der Waals surface area (Å²) in [6.07, 6.45) is -0.183. The van der Waals surface area contributed by atoms with Crippen LogP contribution in [0.15, 0.2) is 36.4 Å². The van der Waals surface area contributed by atoms with Gasteiger partial charge in [0.15, 0.2) is 16.6 Å². The van der Waals surface area contributed by atoms with Gasteiger partial charge in [-0.1, -0.05) is 23.5 Å². The van der Waals surface area contributed by atoms with Gasteiger partial charge in [-0.3, -0.25) is 0 Å². The predicted octanol–water partition coefficient (Wildman–Crippen LogP) is 4.54. The second-order valence-electron chi connectivity index (χ2n) is 7.00. The lowest BCUT2D eigenvalue weighted by Crippen LogP contribution is -2.53. The average Bonchev–Trinajstić information content (AvgIpc) is 3.16. The van der Waals surface area contributed by atoms with Crippen molar-refractivity contribution in [3.8, 4) is 17.2 Å². The van der Waals surface area contributed by atoms with Crippen molar-refractivity contribution in [1.29, 1.82) is 0 Å². The molecule has 0 unspecified atom stereocenters. The van der Waals surface area contributed by atoms with Crippen LogP contribution in [-0.4, -0.2) is 50.0 Å². The number of aromatic nitrogens is 1. The summed E-state index contributed by atoms with van der Waals surface area (Å²) >= 11 is 1.65. The Morgan fingerprint density at radius 3 is 2.29 bits per heavy atom. The lowest BCUT2D eigenvalue weighted by molar-refractivity contribution is 0.0233. The van der Waals surface area contributed by atoms with Gasteiger partial charge < -0.3 is 23.8 Å². The zero-order valence-corrected chi connectivity index (χ0v) is 18.7. The molecule has 31 heavy (non-hydrogen) atoms. The van der Waals surface area contributed by atoms with Gasteiger partial charge in [0.1, 0.15) is 6.10 Å². The van der Waals surface area contributed by atoms with Crippen LogP contribution in [0.25, 0.3) is 10.2 Å². The number of hydrogen-bond acceptors (Lipinski definition) is 8. The van der Waals surface area contributed by atoms with Gasteiger partial charge in [-0.05, 0) is 45.0 Å². The van der Waals surface area contributed by atoms with E-state index in [-0.39, 0.29) is 6.10 Å². The Morgan fingerprint density at radius 1 is 1.03 bits per heavy atom. The van der Waals surface area contributed by atoms with Crippen molar-refractivity contribution >= 4 is 32.7 Å². The number of carbonyl (C=O) groups is 1. The van der Waals surface area contributed by atoms with E-state index in [1.54, 1.807) is 23.5 Å². The summed E-state index contributed by atoms with van der Waals surface area (Å²) in [7, 11) is 0. The van der Waals surface area contributed by atoms with Crippen molar-refractivity contribution in [3.63, 3.8) is 0 Å². The van der Waals surface area contributed by atoms with Crippen LogP contribution < -0.4 is 19.1 Å². The number of fused-ring (bicyclic) bond motifs is 1. The lowest BCUT2D eigenvalue weighted by Gasteiger charge is -2.38. The predicted molar refractivity (Wildman–Crippen MR) is 121 cm³/mol. The van der Waals surface area contributed by atoms with Gasteiger partial charge in [-0.15, -0.1) is 0 Å². The molecule has 0 N–H and O–H groups in total. The summed E-state index contributed by atoms with van der Waals surface area (Å²) in [5.74, 6) is 1.06. The summed E-state index contributed by atoms with van der Waals surface area (Å²) < 4.78 is 23.9. The third-order valence-electron chi connectivity index (χ3n) is 4.82. The molecule has 1 aromatic heterocycles. The van der Waals surface area contributed by atoms with Gasteiger partial charge in [-0.25, -0.2) is 9.78 Å². The van der Waals surface area contributed by atoms with Crippen molar-refractivity contribution < 1.29 is 23.7 Å². The molecular weight excluding hydrogens is 416 g/mol. The van der Waals surface area contributed by atoms with Gasteiger partial charge in [0.2, 0.25) is 5.75 Å². The van der Waals surface area contributed by atoms with E-state index in [0.717, 1.165) is 15.3 Å². The Hall–Kier alpha value is -3.00. The highest BCUT2D eigenvalue weighted by Crippen LogP contribution is 2.39. The zero-order valence-electron chi connectivity index (χ0n) is 17.9. The first kappa shape index (κ1) is 21.2. The van der Waals surface area contributed by atoms with Crippen LogP contribution in [0.4, 0.5) is 5.13 Å². The number of rotatable bonds is 9. The third-order valence-corrected chi connectivity index (χ3v) is 5.92. The summed E-state index contributed by atoms with van der Waals surface area (Å²) in [6.45, 7) is 8.26. The Kier molecular flexibility index (Phi) is 6.46. The fourth-order valence-electron chi connectivity index (χ4n) is 3.39. The topological polar surface area (TPSA) is 70.1 Å². The van der Waals surface area contributed by atoms with Crippen LogP contribution in [-0.2, 0) is 4.74 Å². The minimum Gasteiger partial charge on any atom is -0.490 e. The number of hydrogen-bond donors (Lipinski definition) is 0. The molecule has 0 saturated carbocycles. The van der Waals surface area contributed by atoms with Crippen molar-refractivity contribution in [3.05, 3.63) is 42.0 Å². The van der Waals surface area contributed by atoms with Gasteiger partial charge in [-0.2, -0.15) is 0 Å². The largest absolute Gasteiger partial charge is 0.490 e. The van der Waals surface area contributed by atoms with E-state index in [1.165, 1.54) is 0 Å². The first-order valence-electron chi connectivity index (χ1n) is 10.5. The van der Waals surface area contributed by atoms with Crippen LogP contribution in [0, 0.1) is 0 Å². The fraction of sp³-hybridized carbons (Fsp3) is 0.391. The number of para-hydroxylation sites is 1. The molecule has 2 aromatic carbocycles. The molecule has 1 aliphatic rings. The van der Waals surface area contributed by atoms with Gasteiger partial charge in [0.25, 0.3) is 0 Å². The molecule has 0 radical (unpaired) electrons. The standard InChI is InChI=1S/C23H26N2O5S/c1-4-27-18-11-15(12-19(28-5-2)21(18)29-6-3)22(26)30-16-13-25(14-16)23-24-17-9-7-8-10-20(17)31-23/h7-12,16H,4-6,13-14H2,1-3H3. The van der Waals surface area contributed by atoms with Crippen molar-refractivity contribution in [2.24, 2.45) is 0 Å². The monoisotopic (exact) mass is 442 g/mol. The number of anilines is 1. The minimum absolute atomic E-state index is 0.183. The van der Waals surface area contributed by atoms with E-state index in [9.17, 15) is 4.79 Å². The number of carbonyl (C=O) groups excluding carboxylic acids is 1. The molecule has 164 valence electrons. The number of esters is 1. The Balaban J connectivity index is 1.44. The van der Waals surface area contributed by atoms with Crippen LogP contribution in [0.1, 0.15) is 31.1 Å². The molecule has 0 atom stereocenters. The molecule has 0 spiro atoms. The minimum atomic E-state index is -0.404. The van der Waals surface area contributed by atoms with Crippen molar-refractivity contribution in [1.82, 2.24) is 4.98 Å². The third kappa shape index (κ3) is 4.54. The number of ether oxygens (including phenoxy) is 4. The second-order valence-corrected chi connectivity index (χ2v) is 8.01. The highest BCUT2D eigenvalue weighted by molar-refractivity contribution is 7.22. The van der Waals surface area contributed by atoms with Gasteiger partial charge >= 0.3 is 5.97 Å². The van der Waals surface area contributed by atoms with Crippen molar-refractivity contribution in [2.75, 3.05) is 37.8 Å². The molecule has 0 aliphatic carbocycles. The van der Waals surface area contributed by atoms with E-state index in [0.29, 0.717) is 55.7 Å². The highest BCUT2D eigenvalue weighted by atomic mass is 32.1. The van der Waals surface area contributed by atoms with Gasteiger partial charge in [0, 0.05) is 0 Å². The molecule has 3 aromatic rings. The fourth-order valence-corrected chi connectivity index (χ4v) is 4.37. The van der Waals surface area contributed by atoms with E-state index in [2.05, 4.69) is 16.0 Å². The molecule has 1 fully saturated rings. The van der Waals surface area contributed by atoms with E-state index < -0.39 is 5.97 Å². The molecule has 1 aliphatic heterocycles. The quantitative estimate of drug-likeness (QED) is 0.451. The molecule has 4 rings (SSSR count). The Labute approximate surface area is 185 Å². The molecule has 0 amide bonds. The highest BCUT2D eigenvalue weighted by Gasteiger charge is 2.33. The zero-order chi connectivity index (χ0) is 21.8. The number of benzene rings is 2. The number of nitrogens with zero attached hydrogens (tertiary/aromatic N) is 2. The maximum Gasteiger partial charge on any atom is 0.338 e. The molecule has 8 heteroatoms. The summed E-state index contributed by atoms with van der Waals surface area (Å²) in [5, 5.41) is 0.951. The molecule has 2 heterocycles. The van der Waals surface area contributed by atoms with Crippen LogP contribution in [0.2, 0.25) is 0 Å². The van der Waals surface area contributed by atoms with Crippen LogP contribution in [0.3, 0.4) is 0 Å². The van der Waals surface area contributed by atoms with E-state index >= 15 is 0 Å². The normalized spacial score (nSPS) is 13.7. The van der Waals surface area contributed by atoms with E-state index in [4.69, 9.17) is 18.9 Å². The van der Waals surface area contributed by atoms with E-state index in [1.807, 2.05) is 39.0 Å². The molecular formula is C23H26N2O5S.